The summed E-state index contributed by atoms with van der Waals surface area (Å²) in [5.41, 5.74) is -1.34. The molecular formula is C18H21F4N3O2. The molecule has 2 aliphatic heterocycles. The molecule has 2 saturated heterocycles. The molecular weight excluding hydrogens is 366 g/mol. The molecule has 1 N–H and O–H groups in total. The average molecular weight is 387 g/mol. The van der Waals surface area contributed by atoms with Gasteiger partial charge in [0.1, 0.15) is 6.17 Å². The summed E-state index contributed by atoms with van der Waals surface area (Å²) in [7, 11) is 0. The Morgan fingerprint density at radius 3 is 2.33 bits per heavy atom. The molecule has 1 aromatic carbocycles. The zero-order valence-electron chi connectivity index (χ0n) is 14.7. The second kappa shape index (κ2) is 7.84. The van der Waals surface area contributed by atoms with E-state index in [1.165, 1.54) is 6.07 Å². The lowest BCUT2D eigenvalue weighted by atomic mass is 10.0. The summed E-state index contributed by atoms with van der Waals surface area (Å²) >= 11 is 0. The summed E-state index contributed by atoms with van der Waals surface area (Å²) < 4.78 is 52.5. The summed E-state index contributed by atoms with van der Waals surface area (Å²) in [6.45, 7) is 1.38. The van der Waals surface area contributed by atoms with Crippen LogP contribution in [0.25, 0.3) is 0 Å². The number of piperidine rings is 1. The molecule has 0 bridgehead atoms. The predicted molar refractivity (Wildman–Crippen MR) is 91.2 cm³/mol. The van der Waals surface area contributed by atoms with E-state index in [1.807, 2.05) is 4.90 Å². The number of likely N-dealkylation sites (tertiary alicyclic amines) is 2. The largest absolute Gasteiger partial charge is 0.416 e. The third-order valence-corrected chi connectivity index (χ3v) is 4.73. The van der Waals surface area contributed by atoms with Crippen LogP contribution in [-0.2, 0) is 11.0 Å². The van der Waals surface area contributed by atoms with Crippen molar-refractivity contribution in [1.29, 1.82) is 0 Å². The van der Waals surface area contributed by atoms with Crippen molar-refractivity contribution in [1.82, 2.24) is 9.80 Å². The number of hydrogen-bond acceptors (Lipinski definition) is 3. The van der Waals surface area contributed by atoms with Gasteiger partial charge in [0.2, 0.25) is 5.91 Å². The van der Waals surface area contributed by atoms with Gasteiger partial charge in [0.15, 0.2) is 0 Å². The Labute approximate surface area is 154 Å². The fourth-order valence-electron chi connectivity index (χ4n) is 3.28. The first-order valence-corrected chi connectivity index (χ1v) is 8.90. The van der Waals surface area contributed by atoms with Crippen molar-refractivity contribution < 1.29 is 27.2 Å². The first-order chi connectivity index (χ1) is 12.7. The van der Waals surface area contributed by atoms with Crippen molar-refractivity contribution in [2.75, 3.05) is 38.0 Å². The van der Waals surface area contributed by atoms with Crippen molar-refractivity contribution >= 4 is 17.5 Å². The topological polar surface area (TPSA) is 52.7 Å². The normalized spacial score (nSPS) is 18.9. The van der Waals surface area contributed by atoms with Gasteiger partial charge in [-0.3, -0.25) is 14.5 Å². The highest BCUT2D eigenvalue weighted by atomic mass is 19.4. The van der Waals surface area contributed by atoms with Gasteiger partial charge in [-0.2, -0.15) is 13.2 Å². The highest BCUT2D eigenvalue weighted by molar-refractivity contribution is 5.98. The summed E-state index contributed by atoms with van der Waals surface area (Å²) in [4.78, 5) is 27.5. The Hall–Kier alpha value is -2.16. The number of carbonyl (C=O) groups excluding carboxylic acids is 2. The molecule has 2 aliphatic rings. The number of rotatable bonds is 4. The molecule has 2 fully saturated rings. The molecule has 0 saturated carbocycles. The van der Waals surface area contributed by atoms with E-state index in [2.05, 4.69) is 5.32 Å². The zero-order chi connectivity index (χ0) is 19.6. The van der Waals surface area contributed by atoms with Gasteiger partial charge in [0, 0.05) is 11.3 Å². The quantitative estimate of drug-likeness (QED) is 0.809. The Balaban J connectivity index is 1.75. The maximum atomic E-state index is 13.2. The minimum Gasteiger partial charge on any atom is -0.333 e. The number of nitrogens with one attached hydrogen (secondary N) is 1. The van der Waals surface area contributed by atoms with Crippen molar-refractivity contribution in [3.05, 3.63) is 29.3 Å². The standard InChI is InChI=1S/C18H21F4N3O2/c19-14-9-25(10-14)17(27)12-6-13(18(20,21)22)8-15(7-12)23-16(26)11-24-4-2-1-3-5-24/h6-8,14H,1-5,9-11H2,(H,23,26). The van der Waals surface area contributed by atoms with E-state index in [9.17, 15) is 27.2 Å². The van der Waals surface area contributed by atoms with E-state index in [0.29, 0.717) is 0 Å². The molecule has 0 aromatic heterocycles. The summed E-state index contributed by atoms with van der Waals surface area (Å²) in [6, 6.07) is 2.74. The van der Waals surface area contributed by atoms with Crippen LogP contribution in [0, 0.1) is 0 Å². The molecule has 3 rings (SSSR count). The second-order valence-corrected chi connectivity index (χ2v) is 6.99. The molecule has 27 heavy (non-hydrogen) atoms. The lowest BCUT2D eigenvalue weighted by Crippen LogP contribution is -2.51. The monoisotopic (exact) mass is 387 g/mol. The molecule has 2 amide bonds. The van der Waals surface area contributed by atoms with Crippen LogP contribution in [-0.4, -0.2) is 60.5 Å². The van der Waals surface area contributed by atoms with Gasteiger partial charge in [-0.15, -0.1) is 0 Å². The zero-order valence-corrected chi connectivity index (χ0v) is 14.7. The molecule has 0 spiro atoms. The van der Waals surface area contributed by atoms with Crippen LogP contribution in [0.2, 0.25) is 0 Å². The number of nitrogens with zero attached hydrogens (tertiary/aromatic N) is 2. The number of carbonyl (C=O) groups is 2. The van der Waals surface area contributed by atoms with Crippen LogP contribution >= 0.6 is 0 Å². The number of amides is 2. The first kappa shape index (κ1) is 19.6. The van der Waals surface area contributed by atoms with Gasteiger partial charge >= 0.3 is 6.18 Å². The van der Waals surface area contributed by atoms with E-state index < -0.39 is 29.7 Å². The summed E-state index contributed by atoms with van der Waals surface area (Å²) in [6.07, 6.45) is -2.74. The van der Waals surface area contributed by atoms with E-state index in [4.69, 9.17) is 0 Å². The number of alkyl halides is 4. The van der Waals surface area contributed by atoms with Crippen LogP contribution < -0.4 is 5.32 Å². The summed E-state index contributed by atoms with van der Waals surface area (Å²) in [5, 5.41) is 2.46. The second-order valence-electron chi connectivity index (χ2n) is 6.99. The van der Waals surface area contributed by atoms with Crippen molar-refractivity contribution in [3.8, 4) is 0 Å². The van der Waals surface area contributed by atoms with Crippen molar-refractivity contribution in [2.24, 2.45) is 0 Å². The number of hydrogen-bond donors (Lipinski definition) is 1. The maximum Gasteiger partial charge on any atom is 0.416 e. The minimum atomic E-state index is -4.67. The van der Waals surface area contributed by atoms with Gasteiger partial charge in [-0.05, 0) is 44.1 Å². The van der Waals surface area contributed by atoms with Gasteiger partial charge < -0.3 is 10.2 Å². The molecule has 0 unspecified atom stereocenters. The van der Waals surface area contributed by atoms with Crippen molar-refractivity contribution in [3.63, 3.8) is 0 Å². The lowest BCUT2D eigenvalue weighted by Gasteiger charge is -2.34. The number of anilines is 1. The lowest BCUT2D eigenvalue weighted by molar-refractivity contribution is -0.137. The fraction of sp³-hybridized carbons (Fsp3) is 0.556. The average Bonchev–Trinajstić information content (AvgIpc) is 2.58. The number of halogens is 4. The molecule has 5 nitrogen and oxygen atoms in total. The molecule has 0 aliphatic carbocycles. The van der Waals surface area contributed by atoms with Crippen LogP contribution in [0.5, 0.6) is 0 Å². The SMILES string of the molecule is O=C(CN1CCCCC1)Nc1cc(C(=O)N2CC(F)C2)cc(C(F)(F)F)c1. The molecule has 1 aromatic rings. The van der Waals surface area contributed by atoms with Gasteiger partial charge in [-0.25, -0.2) is 4.39 Å². The van der Waals surface area contributed by atoms with E-state index >= 15 is 0 Å². The van der Waals surface area contributed by atoms with Crippen LogP contribution in [0.4, 0.5) is 23.2 Å². The molecule has 2 heterocycles. The van der Waals surface area contributed by atoms with Crippen LogP contribution in [0.15, 0.2) is 18.2 Å². The first-order valence-electron chi connectivity index (χ1n) is 8.90. The van der Waals surface area contributed by atoms with Gasteiger partial charge in [0.25, 0.3) is 5.91 Å². The smallest absolute Gasteiger partial charge is 0.333 e. The van der Waals surface area contributed by atoms with Gasteiger partial charge in [-0.1, -0.05) is 6.42 Å². The Morgan fingerprint density at radius 2 is 1.74 bits per heavy atom. The third-order valence-electron chi connectivity index (χ3n) is 4.73. The highest BCUT2D eigenvalue weighted by Gasteiger charge is 2.35. The van der Waals surface area contributed by atoms with E-state index in [1.54, 1.807) is 0 Å². The molecule has 0 atom stereocenters. The minimum absolute atomic E-state index is 0.0903. The Bertz CT molecular complexity index is 711. The highest BCUT2D eigenvalue weighted by Crippen LogP contribution is 2.32. The van der Waals surface area contributed by atoms with Crippen molar-refractivity contribution in [2.45, 2.75) is 31.6 Å². The van der Waals surface area contributed by atoms with Gasteiger partial charge in [0.05, 0.1) is 25.2 Å². The predicted octanol–water partition coefficient (Wildman–Crippen LogP) is 2.92. The van der Waals surface area contributed by atoms with E-state index in [-0.39, 0.29) is 30.9 Å². The Morgan fingerprint density at radius 1 is 1.07 bits per heavy atom. The number of benzene rings is 1. The fourth-order valence-corrected chi connectivity index (χ4v) is 3.28. The molecule has 0 radical (unpaired) electrons. The Kier molecular flexibility index (Phi) is 5.69. The summed E-state index contributed by atoms with van der Waals surface area (Å²) in [5.74, 6) is -1.11. The van der Waals surface area contributed by atoms with E-state index in [0.717, 1.165) is 49.4 Å². The van der Waals surface area contributed by atoms with Crippen LogP contribution in [0.3, 0.4) is 0 Å². The third kappa shape index (κ3) is 4.97. The maximum absolute atomic E-state index is 13.2. The molecule has 9 heteroatoms. The van der Waals surface area contributed by atoms with Crippen LogP contribution in [0.1, 0.15) is 35.2 Å². The molecule has 148 valence electrons.